The Morgan fingerprint density at radius 2 is 1.96 bits per heavy atom. The summed E-state index contributed by atoms with van der Waals surface area (Å²) in [6.07, 6.45) is 1.98. The molecular formula is C21H15N3O3S. The van der Waals surface area contributed by atoms with Crippen LogP contribution in [0.15, 0.2) is 65.6 Å². The van der Waals surface area contributed by atoms with Gasteiger partial charge in [0.05, 0.1) is 22.3 Å². The molecule has 0 saturated carbocycles. The highest BCUT2D eigenvalue weighted by Gasteiger charge is 2.13. The second kappa shape index (κ2) is 6.61. The first-order valence-corrected chi connectivity index (χ1v) is 9.61. The molecule has 0 atom stereocenters. The number of thiazole rings is 1. The maximum absolute atomic E-state index is 12.5. The number of esters is 1. The van der Waals surface area contributed by atoms with Gasteiger partial charge in [0, 0.05) is 23.2 Å². The molecule has 138 valence electrons. The largest absolute Gasteiger partial charge is 0.459 e. The molecule has 0 radical (unpaired) electrons. The quantitative estimate of drug-likeness (QED) is 0.476. The van der Waals surface area contributed by atoms with Gasteiger partial charge in [-0.05, 0) is 23.8 Å². The van der Waals surface area contributed by atoms with E-state index in [0.29, 0.717) is 10.7 Å². The number of hydrogen-bond acceptors (Lipinski definition) is 5. The highest BCUT2D eigenvalue weighted by molar-refractivity contribution is 7.23. The van der Waals surface area contributed by atoms with E-state index in [1.165, 1.54) is 17.4 Å². The van der Waals surface area contributed by atoms with Gasteiger partial charge in [-0.25, -0.2) is 4.98 Å². The Morgan fingerprint density at radius 1 is 1.14 bits per heavy atom. The number of carbonyl (C=O) groups excluding carboxylic acids is 1. The standard InChI is InChI=1S/C21H15N3O3S/c25-19-10-14(23-21-24(19)17-7-3-4-8-18(17)28-21)12-27-20(26)9-13-11-22-16-6-2-1-5-15(13)16/h1-8,10-11,22H,9,12H2. The molecule has 0 aliphatic heterocycles. The predicted octanol–water partition coefficient (Wildman–Crippen LogP) is 3.68. The number of rotatable bonds is 4. The lowest BCUT2D eigenvalue weighted by molar-refractivity contribution is -0.144. The third-order valence-corrected chi connectivity index (χ3v) is 5.66. The molecule has 0 unspecified atom stereocenters. The summed E-state index contributed by atoms with van der Waals surface area (Å²) >= 11 is 1.44. The first-order chi connectivity index (χ1) is 13.7. The van der Waals surface area contributed by atoms with Crippen LogP contribution < -0.4 is 5.56 Å². The molecule has 3 heterocycles. The van der Waals surface area contributed by atoms with Gasteiger partial charge in [-0.1, -0.05) is 41.7 Å². The van der Waals surface area contributed by atoms with Crippen molar-refractivity contribution in [3.05, 3.63) is 82.4 Å². The van der Waals surface area contributed by atoms with Gasteiger partial charge in [0.15, 0.2) is 4.96 Å². The van der Waals surface area contributed by atoms with Crippen molar-refractivity contribution in [1.82, 2.24) is 14.4 Å². The molecule has 0 aliphatic carbocycles. The van der Waals surface area contributed by atoms with Crippen LogP contribution in [0, 0.1) is 0 Å². The summed E-state index contributed by atoms with van der Waals surface area (Å²) in [5.74, 6) is -0.358. The van der Waals surface area contributed by atoms with Gasteiger partial charge in [-0.3, -0.25) is 14.0 Å². The zero-order valence-corrected chi connectivity index (χ0v) is 15.5. The molecule has 5 rings (SSSR count). The Labute approximate surface area is 163 Å². The summed E-state index contributed by atoms with van der Waals surface area (Å²) in [6, 6.07) is 16.9. The van der Waals surface area contributed by atoms with Gasteiger partial charge >= 0.3 is 5.97 Å². The summed E-state index contributed by atoms with van der Waals surface area (Å²) < 4.78 is 7.94. The number of H-pyrrole nitrogens is 1. The molecule has 1 N–H and O–H groups in total. The number of benzene rings is 2. The summed E-state index contributed by atoms with van der Waals surface area (Å²) in [5.41, 5.74) is 2.97. The highest BCUT2D eigenvalue weighted by atomic mass is 32.1. The van der Waals surface area contributed by atoms with E-state index in [9.17, 15) is 9.59 Å². The van der Waals surface area contributed by atoms with E-state index in [1.54, 1.807) is 4.40 Å². The Bertz CT molecular complexity index is 1400. The van der Waals surface area contributed by atoms with Crippen molar-refractivity contribution in [2.75, 3.05) is 0 Å². The normalized spacial score (nSPS) is 11.4. The van der Waals surface area contributed by atoms with Gasteiger partial charge in [-0.15, -0.1) is 0 Å². The third kappa shape index (κ3) is 2.86. The van der Waals surface area contributed by atoms with E-state index in [0.717, 1.165) is 26.7 Å². The van der Waals surface area contributed by atoms with Crippen molar-refractivity contribution < 1.29 is 9.53 Å². The van der Waals surface area contributed by atoms with Crippen LogP contribution in [0.4, 0.5) is 0 Å². The lowest BCUT2D eigenvalue weighted by Gasteiger charge is -2.04. The molecule has 0 saturated heterocycles. The minimum atomic E-state index is -0.358. The SMILES string of the molecule is O=C(Cc1c[nH]c2ccccc12)OCc1cc(=O)n2c(n1)sc1ccccc12. The van der Waals surface area contributed by atoms with Crippen molar-refractivity contribution in [2.45, 2.75) is 13.0 Å². The van der Waals surface area contributed by atoms with Gasteiger partial charge in [0.25, 0.3) is 5.56 Å². The molecule has 0 amide bonds. The van der Waals surface area contributed by atoms with Crippen LogP contribution in [0.3, 0.4) is 0 Å². The molecule has 0 bridgehead atoms. The minimum absolute atomic E-state index is 0.0266. The summed E-state index contributed by atoms with van der Waals surface area (Å²) in [4.78, 5) is 33.0. The minimum Gasteiger partial charge on any atom is -0.459 e. The van der Waals surface area contributed by atoms with Crippen LogP contribution in [-0.2, 0) is 22.6 Å². The first-order valence-electron chi connectivity index (χ1n) is 8.80. The van der Waals surface area contributed by atoms with E-state index in [2.05, 4.69) is 9.97 Å². The molecule has 7 heteroatoms. The Hall–Kier alpha value is -3.45. The van der Waals surface area contributed by atoms with E-state index >= 15 is 0 Å². The van der Waals surface area contributed by atoms with Crippen LogP contribution in [0.25, 0.3) is 26.1 Å². The number of para-hydroxylation sites is 2. The second-order valence-electron chi connectivity index (χ2n) is 6.47. The molecule has 0 spiro atoms. The van der Waals surface area contributed by atoms with Crippen LogP contribution >= 0.6 is 11.3 Å². The van der Waals surface area contributed by atoms with Crippen molar-refractivity contribution in [3.63, 3.8) is 0 Å². The maximum atomic E-state index is 12.5. The third-order valence-electron chi connectivity index (χ3n) is 4.64. The fourth-order valence-electron chi connectivity index (χ4n) is 3.34. The number of carbonyl (C=O) groups is 1. The Balaban J connectivity index is 1.36. The topological polar surface area (TPSA) is 76.5 Å². The summed E-state index contributed by atoms with van der Waals surface area (Å²) in [7, 11) is 0. The summed E-state index contributed by atoms with van der Waals surface area (Å²) in [6.45, 7) is -0.0266. The van der Waals surface area contributed by atoms with E-state index in [4.69, 9.17) is 4.74 Å². The van der Waals surface area contributed by atoms with Gasteiger partial charge in [0.1, 0.15) is 6.61 Å². The number of ether oxygens (including phenoxy) is 1. The second-order valence-corrected chi connectivity index (χ2v) is 7.48. The fraction of sp³-hybridized carbons (Fsp3) is 0.0952. The molecular weight excluding hydrogens is 374 g/mol. The predicted molar refractivity (Wildman–Crippen MR) is 109 cm³/mol. The van der Waals surface area contributed by atoms with Crippen LogP contribution in [0.5, 0.6) is 0 Å². The van der Waals surface area contributed by atoms with Crippen LogP contribution in [0.2, 0.25) is 0 Å². The Kier molecular flexibility index (Phi) is 3.95. The van der Waals surface area contributed by atoms with E-state index in [1.807, 2.05) is 54.7 Å². The van der Waals surface area contributed by atoms with Crippen molar-refractivity contribution >= 4 is 43.4 Å². The van der Waals surface area contributed by atoms with Crippen molar-refractivity contribution in [3.8, 4) is 0 Å². The molecule has 28 heavy (non-hydrogen) atoms. The van der Waals surface area contributed by atoms with E-state index in [-0.39, 0.29) is 24.6 Å². The van der Waals surface area contributed by atoms with Gasteiger partial charge in [-0.2, -0.15) is 0 Å². The number of nitrogens with one attached hydrogen (secondary N) is 1. The molecule has 6 nitrogen and oxygen atoms in total. The number of aromatic amines is 1. The molecule has 2 aromatic carbocycles. The zero-order chi connectivity index (χ0) is 19.1. The number of fused-ring (bicyclic) bond motifs is 4. The average Bonchev–Trinajstić information content (AvgIpc) is 3.28. The molecule has 0 fully saturated rings. The number of nitrogens with zero attached hydrogens (tertiary/aromatic N) is 2. The van der Waals surface area contributed by atoms with Gasteiger partial charge in [0.2, 0.25) is 0 Å². The van der Waals surface area contributed by atoms with E-state index < -0.39 is 0 Å². The zero-order valence-electron chi connectivity index (χ0n) is 14.7. The lowest BCUT2D eigenvalue weighted by Crippen LogP contribution is -2.15. The molecule has 3 aromatic heterocycles. The monoisotopic (exact) mass is 389 g/mol. The van der Waals surface area contributed by atoms with Crippen molar-refractivity contribution in [2.24, 2.45) is 0 Å². The Morgan fingerprint density at radius 3 is 2.89 bits per heavy atom. The fourth-order valence-corrected chi connectivity index (χ4v) is 4.39. The average molecular weight is 389 g/mol. The lowest BCUT2D eigenvalue weighted by atomic mass is 10.1. The van der Waals surface area contributed by atoms with Crippen LogP contribution in [-0.4, -0.2) is 20.3 Å². The summed E-state index contributed by atoms with van der Waals surface area (Å²) in [5, 5.41) is 1.00. The smallest absolute Gasteiger partial charge is 0.310 e. The number of aromatic nitrogens is 3. The molecule has 0 aliphatic rings. The van der Waals surface area contributed by atoms with Crippen LogP contribution in [0.1, 0.15) is 11.3 Å². The first kappa shape index (κ1) is 16.7. The molecule has 5 aromatic rings. The highest BCUT2D eigenvalue weighted by Crippen LogP contribution is 2.23. The van der Waals surface area contributed by atoms with Gasteiger partial charge < -0.3 is 9.72 Å². The maximum Gasteiger partial charge on any atom is 0.310 e. The van der Waals surface area contributed by atoms with Crippen molar-refractivity contribution in [1.29, 1.82) is 0 Å². The number of hydrogen-bond donors (Lipinski definition) is 1.